The second kappa shape index (κ2) is 9.36. The molecule has 0 saturated carbocycles. The fourth-order valence-corrected chi connectivity index (χ4v) is 4.83. The van der Waals surface area contributed by atoms with E-state index in [1.807, 2.05) is 18.2 Å². The van der Waals surface area contributed by atoms with Crippen LogP contribution in [-0.2, 0) is 12.3 Å². The highest BCUT2D eigenvalue weighted by Gasteiger charge is 2.14. The summed E-state index contributed by atoms with van der Waals surface area (Å²) in [6.07, 6.45) is 5.39. The molecule has 0 fully saturated rings. The monoisotopic (exact) mass is 433 g/mol. The number of allylic oxidation sites excluding steroid dienone is 1. The third-order valence-electron chi connectivity index (χ3n) is 4.69. The standard InChI is InChI=1S/C23H23N5S2/c1-4-13-28-21(18-9-11-24-12-10-18)26-27-23(28)30-15-20-14-29-22(25-20)19-7-5-17(6-8-19)16(2)3/h4-12,14,16H,1,13,15H2,2-3H3. The van der Waals surface area contributed by atoms with Crippen molar-refractivity contribution in [3.8, 4) is 22.0 Å². The number of thiazole rings is 1. The van der Waals surface area contributed by atoms with E-state index in [1.165, 1.54) is 5.56 Å². The molecule has 0 radical (unpaired) electrons. The Morgan fingerprint density at radius 1 is 1.07 bits per heavy atom. The van der Waals surface area contributed by atoms with Crippen LogP contribution in [0.2, 0.25) is 0 Å². The Morgan fingerprint density at radius 3 is 2.53 bits per heavy atom. The molecule has 4 aromatic rings. The topological polar surface area (TPSA) is 56.5 Å². The van der Waals surface area contributed by atoms with Crippen molar-refractivity contribution in [2.24, 2.45) is 0 Å². The number of aromatic nitrogens is 5. The molecule has 0 aliphatic rings. The molecule has 1 aromatic carbocycles. The number of rotatable bonds is 8. The number of hydrogen-bond donors (Lipinski definition) is 0. The molecule has 7 heteroatoms. The molecule has 0 N–H and O–H groups in total. The summed E-state index contributed by atoms with van der Waals surface area (Å²) in [6.45, 7) is 8.94. The molecule has 0 aliphatic carbocycles. The van der Waals surface area contributed by atoms with Crippen molar-refractivity contribution in [2.45, 2.75) is 37.2 Å². The van der Waals surface area contributed by atoms with Crippen molar-refractivity contribution in [1.29, 1.82) is 0 Å². The first kappa shape index (κ1) is 20.5. The van der Waals surface area contributed by atoms with E-state index in [0.717, 1.165) is 38.6 Å². The third-order valence-corrected chi connectivity index (χ3v) is 6.63. The number of nitrogens with zero attached hydrogens (tertiary/aromatic N) is 5. The third kappa shape index (κ3) is 4.52. The second-order valence-electron chi connectivity index (χ2n) is 7.15. The van der Waals surface area contributed by atoms with Crippen molar-refractivity contribution < 1.29 is 0 Å². The lowest BCUT2D eigenvalue weighted by Gasteiger charge is -2.07. The molecule has 3 aromatic heterocycles. The van der Waals surface area contributed by atoms with Crippen LogP contribution in [0.5, 0.6) is 0 Å². The van der Waals surface area contributed by atoms with Crippen molar-refractivity contribution in [3.63, 3.8) is 0 Å². The summed E-state index contributed by atoms with van der Waals surface area (Å²) in [5, 5.41) is 12.8. The minimum atomic E-state index is 0.535. The van der Waals surface area contributed by atoms with Crippen LogP contribution in [0.15, 0.2) is 72.0 Å². The van der Waals surface area contributed by atoms with E-state index >= 15 is 0 Å². The van der Waals surface area contributed by atoms with Gasteiger partial charge in [-0.05, 0) is 23.6 Å². The van der Waals surface area contributed by atoms with Crippen molar-refractivity contribution in [1.82, 2.24) is 24.7 Å². The van der Waals surface area contributed by atoms with Gasteiger partial charge in [-0.1, -0.05) is 56.0 Å². The molecular weight excluding hydrogens is 410 g/mol. The lowest BCUT2D eigenvalue weighted by molar-refractivity contribution is 0.731. The van der Waals surface area contributed by atoms with Gasteiger partial charge < -0.3 is 0 Å². The average molecular weight is 434 g/mol. The summed E-state index contributed by atoms with van der Waals surface area (Å²) in [4.78, 5) is 8.90. The van der Waals surface area contributed by atoms with Gasteiger partial charge in [0, 0.05) is 41.2 Å². The summed E-state index contributed by atoms with van der Waals surface area (Å²) < 4.78 is 2.07. The minimum absolute atomic E-state index is 0.535. The van der Waals surface area contributed by atoms with Gasteiger partial charge in [0.1, 0.15) is 5.01 Å². The Kier molecular flexibility index (Phi) is 6.40. The summed E-state index contributed by atoms with van der Waals surface area (Å²) in [6, 6.07) is 12.6. The zero-order valence-electron chi connectivity index (χ0n) is 17.0. The first-order valence-corrected chi connectivity index (χ1v) is 11.6. The van der Waals surface area contributed by atoms with Crippen molar-refractivity contribution in [2.75, 3.05) is 0 Å². The van der Waals surface area contributed by atoms with Gasteiger partial charge in [-0.15, -0.1) is 28.1 Å². The molecule has 0 amide bonds. The maximum Gasteiger partial charge on any atom is 0.192 e. The summed E-state index contributed by atoms with van der Waals surface area (Å²) >= 11 is 3.32. The second-order valence-corrected chi connectivity index (χ2v) is 8.95. The average Bonchev–Trinajstić information content (AvgIpc) is 3.40. The maximum absolute atomic E-state index is 4.82. The highest BCUT2D eigenvalue weighted by molar-refractivity contribution is 7.98. The van der Waals surface area contributed by atoms with Crippen LogP contribution >= 0.6 is 23.1 Å². The number of pyridine rings is 1. The van der Waals surface area contributed by atoms with E-state index in [4.69, 9.17) is 4.98 Å². The molecule has 0 atom stereocenters. The van der Waals surface area contributed by atoms with Gasteiger partial charge in [0.15, 0.2) is 11.0 Å². The van der Waals surface area contributed by atoms with E-state index in [1.54, 1.807) is 35.5 Å². The van der Waals surface area contributed by atoms with Gasteiger partial charge >= 0.3 is 0 Å². The van der Waals surface area contributed by atoms with Gasteiger partial charge in [-0.3, -0.25) is 9.55 Å². The molecule has 5 nitrogen and oxygen atoms in total. The van der Waals surface area contributed by atoms with E-state index in [9.17, 15) is 0 Å². The van der Waals surface area contributed by atoms with Gasteiger partial charge in [0.2, 0.25) is 0 Å². The van der Waals surface area contributed by atoms with Gasteiger partial charge in [-0.2, -0.15) is 0 Å². The van der Waals surface area contributed by atoms with Crippen LogP contribution in [0.4, 0.5) is 0 Å². The lowest BCUT2D eigenvalue weighted by Crippen LogP contribution is -2.00. The number of benzene rings is 1. The normalized spacial score (nSPS) is 11.2. The molecule has 30 heavy (non-hydrogen) atoms. The van der Waals surface area contributed by atoms with Crippen LogP contribution in [-0.4, -0.2) is 24.7 Å². The molecule has 0 unspecified atom stereocenters. The van der Waals surface area contributed by atoms with Gasteiger partial charge in [0.05, 0.1) is 5.69 Å². The van der Waals surface area contributed by atoms with Crippen LogP contribution in [0.3, 0.4) is 0 Å². The van der Waals surface area contributed by atoms with Crippen LogP contribution in [0.1, 0.15) is 31.0 Å². The van der Waals surface area contributed by atoms with E-state index < -0.39 is 0 Å². The fraction of sp³-hybridized carbons (Fsp3) is 0.217. The molecular formula is C23H23N5S2. The quantitative estimate of drug-likeness (QED) is 0.249. The molecule has 0 spiro atoms. The first-order chi connectivity index (χ1) is 14.7. The van der Waals surface area contributed by atoms with Crippen molar-refractivity contribution >= 4 is 23.1 Å². The van der Waals surface area contributed by atoms with Crippen LogP contribution in [0, 0.1) is 0 Å². The van der Waals surface area contributed by atoms with Crippen LogP contribution in [0.25, 0.3) is 22.0 Å². The first-order valence-electron chi connectivity index (χ1n) is 9.77. The highest BCUT2D eigenvalue weighted by atomic mass is 32.2. The largest absolute Gasteiger partial charge is 0.298 e. The Balaban J connectivity index is 1.49. The van der Waals surface area contributed by atoms with Crippen LogP contribution < -0.4 is 0 Å². The van der Waals surface area contributed by atoms with Gasteiger partial charge in [0.25, 0.3) is 0 Å². The van der Waals surface area contributed by atoms with E-state index in [-0.39, 0.29) is 0 Å². The predicted molar refractivity (Wildman–Crippen MR) is 125 cm³/mol. The number of thioether (sulfide) groups is 1. The summed E-state index contributed by atoms with van der Waals surface area (Å²) in [5.41, 5.74) is 4.55. The summed E-state index contributed by atoms with van der Waals surface area (Å²) in [7, 11) is 0. The van der Waals surface area contributed by atoms with E-state index in [2.05, 4.69) is 69.8 Å². The zero-order chi connectivity index (χ0) is 20.9. The molecule has 0 saturated heterocycles. The number of hydrogen-bond acceptors (Lipinski definition) is 6. The SMILES string of the molecule is C=CCn1c(SCc2csc(-c3ccc(C(C)C)cc3)n2)nnc1-c1ccncc1. The molecule has 152 valence electrons. The minimum Gasteiger partial charge on any atom is -0.298 e. The molecule has 3 heterocycles. The Labute approximate surface area is 184 Å². The molecule has 0 bridgehead atoms. The fourth-order valence-electron chi connectivity index (χ4n) is 3.06. The van der Waals surface area contributed by atoms with Crippen molar-refractivity contribution in [3.05, 3.63) is 78.1 Å². The Bertz CT molecular complexity index is 1110. The molecule has 0 aliphatic heterocycles. The van der Waals surface area contributed by atoms with E-state index in [0.29, 0.717) is 12.5 Å². The lowest BCUT2D eigenvalue weighted by atomic mass is 10.0. The highest BCUT2D eigenvalue weighted by Crippen LogP contribution is 2.30. The van der Waals surface area contributed by atoms with Gasteiger partial charge in [-0.25, -0.2) is 4.98 Å². The zero-order valence-corrected chi connectivity index (χ0v) is 18.7. The Morgan fingerprint density at radius 2 is 1.83 bits per heavy atom. The Hall–Kier alpha value is -2.77. The smallest absolute Gasteiger partial charge is 0.192 e. The summed E-state index contributed by atoms with van der Waals surface area (Å²) in [5.74, 6) is 2.10. The molecule has 4 rings (SSSR count). The predicted octanol–water partition coefficient (Wildman–Crippen LogP) is 6.07. The maximum atomic E-state index is 4.82.